The highest BCUT2D eigenvalue weighted by Crippen LogP contribution is 2.37. The van der Waals surface area contributed by atoms with Gasteiger partial charge in [0.1, 0.15) is 5.00 Å². The average molecular weight is 394 g/mol. The van der Waals surface area contributed by atoms with Gasteiger partial charge >= 0.3 is 0 Å². The quantitative estimate of drug-likeness (QED) is 0.697. The van der Waals surface area contributed by atoms with Gasteiger partial charge in [0.05, 0.1) is 5.56 Å². The second-order valence-electron chi connectivity index (χ2n) is 5.69. The molecule has 8 heteroatoms. The van der Waals surface area contributed by atoms with Gasteiger partial charge < -0.3 is 11.1 Å². The zero-order chi connectivity index (χ0) is 18.0. The highest BCUT2D eigenvalue weighted by atomic mass is 35.5. The van der Waals surface area contributed by atoms with Crippen molar-refractivity contribution in [3.8, 4) is 0 Å². The Morgan fingerprint density at radius 3 is 2.52 bits per heavy atom. The summed E-state index contributed by atoms with van der Waals surface area (Å²) in [5, 5.41) is 6.83. The molecule has 0 fully saturated rings. The van der Waals surface area contributed by atoms with Crippen LogP contribution in [0, 0.1) is 0 Å². The minimum absolute atomic E-state index is 0.126. The van der Waals surface area contributed by atoms with E-state index in [0.717, 1.165) is 36.1 Å². The lowest BCUT2D eigenvalue weighted by molar-refractivity contribution is 0.0975. The molecule has 0 spiro atoms. The number of benzene rings is 1. The number of primary amides is 1. The van der Waals surface area contributed by atoms with Gasteiger partial charge in [0.25, 0.3) is 11.8 Å². The lowest BCUT2D eigenvalue weighted by Gasteiger charge is -2.11. The third-order valence-corrected chi connectivity index (χ3v) is 5.64. The molecule has 25 heavy (non-hydrogen) atoms. The topological polar surface area (TPSA) is 84.2 Å². The van der Waals surface area contributed by atoms with Gasteiger partial charge in [-0.1, -0.05) is 11.6 Å². The number of nitrogens with one attached hydrogen (secondary N) is 2. The van der Waals surface area contributed by atoms with Crippen LogP contribution in [0.3, 0.4) is 0 Å². The van der Waals surface area contributed by atoms with E-state index in [1.807, 2.05) is 0 Å². The van der Waals surface area contributed by atoms with Crippen molar-refractivity contribution in [3.63, 3.8) is 0 Å². The van der Waals surface area contributed by atoms with Crippen molar-refractivity contribution in [1.82, 2.24) is 5.32 Å². The maximum Gasteiger partial charge on any atom is 0.257 e. The van der Waals surface area contributed by atoms with Crippen LogP contribution in [0.25, 0.3) is 0 Å². The Labute approximate surface area is 159 Å². The summed E-state index contributed by atoms with van der Waals surface area (Å²) in [7, 11) is 0. The maximum atomic E-state index is 12.2. The first-order valence-electron chi connectivity index (χ1n) is 7.78. The molecule has 0 saturated carbocycles. The van der Waals surface area contributed by atoms with E-state index in [0.29, 0.717) is 21.2 Å². The Morgan fingerprint density at radius 1 is 1.16 bits per heavy atom. The van der Waals surface area contributed by atoms with Crippen molar-refractivity contribution < 1.29 is 9.59 Å². The standard InChI is InChI=1S/C17H16ClN3O2S2/c18-10-7-5-9(6-8-10)15(23)20-17(24)21-16-13(14(19)22)11-3-1-2-4-12(11)25-16/h5-8H,1-4H2,(H2,19,22)(H2,20,21,23,24). The molecule has 130 valence electrons. The average Bonchev–Trinajstić information content (AvgIpc) is 2.92. The molecule has 0 saturated heterocycles. The molecule has 0 bridgehead atoms. The van der Waals surface area contributed by atoms with E-state index >= 15 is 0 Å². The maximum absolute atomic E-state index is 12.2. The van der Waals surface area contributed by atoms with Gasteiger partial charge in [-0.25, -0.2) is 0 Å². The summed E-state index contributed by atoms with van der Waals surface area (Å²) < 4.78 is 0. The molecule has 0 atom stereocenters. The lowest BCUT2D eigenvalue weighted by Crippen LogP contribution is -2.34. The van der Waals surface area contributed by atoms with Gasteiger partial charge in [-0.3, -0.25) is 14.9 Å². The van der Waals surface area contributed by atoms with Gasteiger partial charge in [-0.15, -0.1) is 11.3 Å². The number of thiocarbonyl (C=S) groups is 1. The van der Waals surface area contributed by atoms with E-state index in [-0.39, 0.29) is 11.0 Å². The molecule has 0 radical (unpaired) electrons. The van der Waals surface area contributed by atoms with Crippen molar-refractivity contribution in [2.24, 2.45) is 5.73 Å². The van der Waals surface area contributed by atoms with E-state index in [1.54, 1.807) is 24.3 Å². The van der Waals surface area contributed by atoms with Crippen LogP contribution in [0.1, 0.15) is 44.0 Å². The SMILES string of the molecule is NC(=O)c1c(NC(=S)NC(=O)c2ccc(Cl)cc2)sc2c1CCCC2. The molecule has 1 aliphatic rings. The number of carbonyl (C=O) groups is 2. The van der Waals surface area contributed by atoms with E-state index in [4.69, 9.17) is 29.6 Å². The summed E-state index contributed by atoms with van der Waals surface area (Å²) in [4.78, 5) is 25.2. The number of nitrogens with two attached hydrogens (primary N) is 1. The lowest BCUT2D eigenvalue weighted by atomic mass is 9.95. The number of amides is 2. The number of thiophene rings is 1. The van der Waals surface area contributed by atoms with Crippen molar-refractivity contribution in [2.45, 2.75) is 25.7 Å². The molecule has 2 amide bonds. The summed E-state index contributed by atoms with van der Waals surface area (Å²) in [5.74, 6) is -0.829. The van der Waals surface area contributed by atoms with Gasteiger partial charge in [0, 0.05) is 15.5 Å². The summed E-state index contributed by atoms with van der Waals surface area (Å²) in [6, 6.07) is 6.48. The van der Waals surface area contributed by atoms with E-state index in [2.05, 4.69) is 10.6 Å². The molecule has 0 aliphatic heterocycles. The number of hydrogen-bond donors (Lipinski definition) is 3. The van der Waals surface area contributed by atoms with Crippen LogP contribution < -0.4 is 16.4 Å². The van der Waals surface area contributed by atoms with Gasteiger partial charge in [0.15, 0.2) is 5.11 Å². The smallest absolute Gasteiger partial charge is 0.257 e. The Morgan fingerprint density at radius 2 is 1.84 bits per heavy atom. The summed E-state index contributed by atoms with van der Waals surface area (Å²) >= 11 is 12.5. The fourth-order valence-corrected chi connectivity index (χ4v) is 4.51. The van der Waals surface area contributed by atoms with Crippen molar-refractivity contribution in [1.29, 1.82) is 0 Å². The fraction of sp³-hybridized carbons (Fsp3) is 0.235. The molecule has 4 N–H and O–H groups in total. The minimum atomic E-state index is -0.478. The largest absolute Gasteiger partial charge is 0.365 e. The van der Waals surface area contributed by atoms with E-state index in [1.165, 1.54) is 11.3 Å². The first-order chi connectivity index (χ1) is 12.0. The molecular formula is C17H16ClN3O2S2. The van der Waals surface area contributed by atoms with Crippen LogP contribution in [-0.2, 0) is 12.8 Å². The van der Waals surface area contributed by atoms with Crippen molar-refractivity contribution in [3.05, 3.63) is 50.9 Å². The number of hydrogen-bond acceptors (Lipinski definition) is 4. The number of halogens is 1. The molecule has 1 aromatic carbocycles. The van der Waals surface area contributed by atoms with Gasteiger partial charge in [-0.05, 0) is 67.7 Å². The second kappa shape index (κ2) is 7.51. The zero-order valence-corrected chi connectivity index (χ0v) is 15.6. The van der Waals surface area contributed by atoms with E-state index in [9.17, 15) is 9.59 Å². The molecule has 1 heterocycles. The third kappa shape index (κ3) is 4.00. The van der Waals surface area contributed by atoms with Gasteiger partial charge in [-0.2, -0.15) is 0 Å². The number of fused-ring (bicyclic) bond motifs is 1. The van der Waals surface area contributed by atoms with Crippen LogP contribution in [0.2, 0.25) is 5.02 Å². The number of anilines is 1. The monoisotopic (exact) mass is 393 g/mol. The highest BCUT2D eigenvalue weighted by molar-refractivity contribution is 7.80. The van der Waals surface area contributed by atoms with Crippen molar-refractivity contribution in [2.75, 3.05) is 5.32 Å². The molecule has 1 aromatic heterocycles. The first-order valence-corrected chi connectivity index (χ1v) is 9.38. The predicted octanol–water partition coefficient (Wildman–Crippen LogP) is 3.51. The molecule has 2 aromatic rings. The predicted molar refractivity (Wildman–Crippen MR) is 105 cm³/mol. The van der Waals surface area contributed by atoms with Gasteiger partial charge in [0.2, 0.25) is 0 Å². The van der Waals surface area contributed by atoms with Crippen LogP contribution in [-0.4, -0.2) is 16.9 Å². The molecule has 5 nitrogen and oxygen atoms in total. The first kappa shape index (κ1) is 17.8. The van der Waals surface area contributed by atoms with Crippen LogP contribution in [0.4, 0.5) is 5.00 Å². The summed E-state index contributed by atoms with van der Waals surface area (Å²) in [5.41, 5.74) is 7.49. The number of aryl methyl sites for hydroxylation is 1. The number of carbonyl (C=O) groups excluding carboxylic acids is 2. The van der Waals surface area contributed by atoms with Crippen LogP contribution in [0.5, 0.6) is 0 Å². The zero-order valence-electron chi connectivity index (χ0n) is 13.2. The Bertz CT molecular complexity index is 846. The van der Waals surface area contributed by atoms with E-state index < -0.39 is 5.91 Å². The van der Waals surface area contributed by atoms with Crippen LogP contribution in [0.15, 0.2) is 24.3 Å². The van der Waals surface area contributed by atoms with Crippen LogP contribution >= 0.6 is 35.2 Å². The molecule has 1 aliphatic carbocycles. The molecule has 3 rings (SSSR count). The highest BCUT2D eigenvalue weighted by Gasteiger charge is 2.24. The Kier molecular flexibility index (Phi) is 5.36. The fourth-order valence-electron chi connectivity index (χ4n) is 2.83. The number of rotatable bonds is 3. The second-order valence-corrected chi connectivity index (χ2v) is 7.64. The molecule has 0 unspecified atom stereocenters. The third-order valence-electron chi connectivity index (χ3n) is 3.98. The summed E-state index contributed by atoms with van der Waals surface area (Å²) in [6.07, 6.45) is 3.92. The summed E-state index contributed by atoms with van der Waals surface area (Å²) in [6.45, 7) is 0. The Balaban J connectivity index is 1.75. The normalized spacial score (nSPS) is 13.0. The Hall–Kier alpha value is -1.96. The molecular weight excluding hydrogens is 378 g/mol. The minimum Gasteiger partial charge on any atom is -0.365 e. The van der Waals surface area contributed by atoms with Crippen molar-refractivity contribution >= 4 is 57.1 Å².